The van der Waals surface area contributed by atoms with E-state index >= 15 is 0 Å². The zero-order chi connectivity index (χ0) is 24.1. The number of carboxylic acids is 1. The number of carbonyl (C=O) groups excluding carboxylic acids is 2. The number of benzene rings is 2. The number of aliphatic carboxylic acids is 1. The Morgan fingerprint density at radius 1 is 1.03 bits per heavy atom. The molecule has 1 aliphatic carbocycles. The van der Waals surface area contributed by atoms with E-state index in [0.717, 1.165) is 11.1 Å². The summed E-state index contributed by atoms with van der Waals surface area (Å²) in [5.74, 6) is -1.65. The normalized spacial score (nSPS) is 19.3. The van der Waals surface area contributed by atoms with E-state index in [1.807, 2.05) is 31.2 Å². The maximum absolute atomic E-state index is 12.4. The zero-order valence-corrected chi connectivity index (χ0v) is 19.2. The predicted molar refractivity (Wildman–Crippen MR) is 125 cm³/mol. The summed E-state index contributed by atoms with van der Waals surface area (Å²) >= 11 is 0. The van der Waals surface area contributed by atoms with Crippen LogP contribution in [0.2, 0.25) is 0 Å². The van der Waals surface area contributed by atoms with Crippen LogP contribution in [0.1, 0.15) is 36.8 Å². The van der Waals surface area contributed by atoms with Crippen LogP contribution >= 0.6 is 0 Å². The third-order valence-corrected chi connectivity index (χ3v) is 6.64. The fraction of sp³-hybridized carbons (Fsp3) is 0.423. The molecule has 0 aromatic heterocycles. The molecule has 8 nitrogen and oxygen atoms in total. The van der Waals surface area contributed by atoms with Gasteiger partial charge in [-0.1, -0.05) is 48.5 Å². The SMILES string of the molecule is CC1CCC(C(=O)O)CN1C(=O)COCCNC(=O)OCC1c2ccccc2-c2ccccc21. The molecule has 2 unspecified atom stereocenters. The van der Waals surface area contributed by atoms with Gasteiger partial charge in [0.2, 0.25) is 5.91 Å². The van der Waals surface area contributed by atoms with Gasteiger partial charge < -0.3 is 24.8 Å². The maximum Gasteiger partial charge on any atom is 0.407 e. The van der Waals surface area contributed by atoms with Crippen molar-refractivity contribution in [1.82, 2.24) is 10.2 Å². The van der Waals surface area contributed by atoms with Gasteiger partial charge in [-0.05, 0) is 42.0 Å². The van der Waals surface area contributed by atoms with Gasteiger partial charge in [0, 0.05) is 25.0 Å². The summed E-state index contributed by atoms with van der Waals surface area (Å²) in [4.78, 5) is 37.4. The quantitative estimate of drug-likeness (QED) is 0.579. The van der Waals surface area contributed by atoms with Gasteiger partial charge >= 0.3 is 12.1 Å². The number of hydrogen-bond acceptors (Lipinski definition) is 5. The number of rotatable bonds is 8. The highest BCUT2D eigenvalue weighted by molar-refractivity contribution is 5.80. The first kappa shape index (κ1) is 23.8. The summed E-state index contributed by atoms with van der Waals surface area (Å²) in [6.07, 6.45) is 0.697. The van der Waals surface area contributed by atoms with Gasteiger partial charge in [0.15, 0.2) is 0 Å². The lowest BCUT2D eigenvalue weighted by molar-refractivity contribution is -0.148. The summed E-state index contributed by atoms with van der Waals surface area (Å²) in [5, 5.41) is 11.9. The van der Waals surface area contributed by atoms with Crippen molar-refractivity contribution < 1.29 is 29.0 Å². The van der Waals surface area contributed by atoms with Crippen molar-refractivity contribution in [2.75, 3.05) is 32.9 Å². The van der Waals surface area contributed by atoms with Crippen LogP contribution in [0.15, 0.2) is 48.5 Å². The van der Waals surface area contributed by atoms with Crippen LogP contribution in [-0.4, -0.2) is 66.9 Å². The van der Waals surface area contributed by atoms with Gasteiger partial charge in [-0.15, -0.1) is 0 Å². The monoisotopic (exact) mass is 466 g/mol. The minimum atomic E-state index is -0.877. The molecule has 1 fully saturated rings. The highest BCUT2D eigenvalue weighted by atomic mass is 16.5. The number of ether oxygens (including phenoxy) is 2. The van der Waals surface area contributed by atoms with E-state index in [0.29, 0.717) is 12.8 Å². The Balaban J connectivity index is 1.18. The summed E-state index contributed by atoms with van der Waals surface area (Å²) < 4.78 is 10.9. The Morgan fingerprint density at radius 3 is 2.32 bits per heavy atom. The highest BCUT2D eigenvalue weighted by Gasteiger charge is 2.32. The van der Waals surface area contributed by atoms with Crippen LogP contribution in [0.25, 0.3) is 11.1 Å². The standard InChI is InChI=1S/C26H30N2O6/c1-17-10-11-18(25(30)31)14-28(17)24(29)16-33-13-12-27-26(32)34-15-23-21-8-4-2-6-19(21)20-7-3-5-9-22(20)23/h2-9,17-18,23H,10-16H2,1H3,(H,27,32)(H,30,31). The van der Waals surface area contributed by atoms with E-state index in [1.165, 1.54) is 11.1 Å². The Labute approximate surface area is 198 Å². The van der Waals surface area contributed by atoms with Crippen molar-refractivity contribution >= 4 is 18.0 Å². The van der Waals surface area contributed by atoms with Crippen molar-refractivity contribution in [1.29, 1.82) is 0 Å². The highest BCUT2D eigenvalue weighted by Crippen LogP contribution is 2.44. The first-order valence-electron chi connectivity index (χ1n) is 11.6. The van der Waals surface area contributed by atoms with Crippen LogP contribution in [0, 0.1) is 5.92 Å². The second kappa shape index (κ2) is 10.7. The van der Waals surface area contributed by atoms with Crippen molar-refractivity contribution in [3.63, 3.8) is 0 Å². The molecule has 2 N–H and O–H groups in total. The molecule has 1 heterocycles. The summed E-state index contributed by atoms with van der Waals surface area (Å²) in [7, 11) is 0. The van der Waals surface area contributed by atoms with Crippen LogP contribution < -0.4 is 5.32 Å². The first-order valence-corrected chi connectivity index (χ1v) is 11.6. The van der Waals surface area contributed by atoms with Gasteiger partial charge in [0.1, 0.15) is 13.2 Å². The molecule has 0 spiro atoms. The molecule has 1 aliphatic heterocycles. The number of carboxylic acid groups (broad SMARTS) is 1. The molecule has 4 rings (SSSR count). The largest absolute Gasteiger partial charge is 0.481 e. The van der Waals surface area contributed by atoms with Crippen LogP contribution in [0.3, 0.4) is 0 Å². The molecule has 2 aromatic rings. The lowest BCUT2D eigenvalue weighted by Gasteiger charge is -2.36. The molecule has 0 bridgehead atoms. The molecule has 1 saturated heterocycles. The zero-order valence-electron chi connectivity index (χ0n) is 19.2. The van der Waals surface area contributed by atoms with Gasteiger partial charge in [0.05, 0.1) is 12.5 Å². The maximum atomic E-state index is 12.4. The van der Waals surface area contributed by atoms with Gasteiger partial charge in [-0.25, -0.2) is 4.79 Å². The average molecular weight is 467 g/mol. The molecule has 180 valence electrons. The molecule has 0 saturated carbocycles. The predicted octanol–water partition coefficient (Wildman–Crippen LogP) is 3.25. The molecule has 2 atom stereocenters. The minimum Gasteiger partial charge on any atom is -0.481 e. The number of carbonyl (C=O) groups is 3. The number of hydrogen-bond donors (Lipinski definition) is 2. The molecular formula is C26H30N2O6. The number of piperidine rings is 1. The van der Waals surface area contributed by atoms with Crippen LogP contribution in [0.5, 0.6) is 0 Å². The molecular weight excluding hydrogens is 436 g/mol. The van der Waals surface area contributed by atoms with E-state index in [-0.39, 0.29) is 50.8 Å². The summed E-state index contributed by atoms with van der Waals surface area (Å²) in [6.45, 7) is 2.56. The topological polar surface area (TPSA) is 105 Å². The van der Waals surface area contributed by atoms with Crippen LogP contribution in [0.4, 0.5) is 4.79 Å². The van der Waals surface area contributed by atoms with E-state index in [9.17, 15) is 19.5 Å². The second-order valence-electron chi connectivity index (χ2n) is 8.81. The number of fused-ring (bicyclic) bond motifs is 3. The van der Waals surface area contributed by atoms with Gasteiger partial charge in [-0.2, -0.15) is 0 Å². The van der Waals surface area contributed by atoms with Crippen molar-refractivity contribution in [3.05, 3.63) is 59.7 Å². The van der Waals surface area contributed by atoms with Gasteiger partial charge in [0.25, 0.3) is 0 Å². The third kappa shape index (κ3) is 5.22. The Hall–Kier alpha value is -3.39. The summed E-state index contributed by atoms with van der Waals surface area (Å²) in [6, 6.07) is 16.3. The third-order valence-electron chi connectivity index (χ3n) is 6.64. The van der Waals surface area contributed by atoms with E-state index < -0.39 is 18.0 Å². The van der Waals surface area contributed by atoms with Crippen molar-refractivity contribution in [3.8, 4) is 11.1 Å². The fourth-order valence-corrected chi connectivity index (χ4v) is 4.77. The Bertz CT molecular complexity index is 1010. The lowest BCUT2D eigenvalue weighted by Crippen LogP contribution is -2.48. The van der Waals surface area contributed by atoms with E-state index in [1.54, 1.807) is 4.90 Å². The van der Waals surface area contributed by atoms with Crippen molar-refractivity contribution in [2.24, 2.45) is 5.92 Å². The lowest BCUT2D eigenvalue weighted by atomic mass is 9.93. The number of nitrogens with one attached hydrogen (secondary N) is 1. The molecule has 0 radical (unpaired) electrons. The van der Waals surface area contributed by atoms with Gasteiger partial charge in [-0.3, -0.25) is 9.59 Å². The molecule has 34 heavy (non-hydrogen) atoms. The fourth-order valence-electron chi connectivity index (χ4n) is 4.77. The van der Waals surface area contributed by atoms with E-state index in [4.69, 9.17) is 9.47 Å². The number of alkyl carbamates (subject to hydrolysis) is 1. The average Bonchev–Trinajstić information content (AvgIpc) is 3.16. The molecule has 2 aliphatic rings. The number of likely N-dealkylation sites (tertiary alicyclic amines) is 1. The number of nitrogens with zero attached hydrogens (tertiary/aromatic N) is 1. The first-order chi connectivity index (χ1) is 16.5. The smallest absolute Gasteiger partial charge is 0.407 e. The number of amides is 2. The van der Waals surface area contributed by atoms with Crippen molar-refractivity contribution in [2.45, 2.75) is 31.7 Å². The molecule has 8 heteroatoms. The molecule has 2 amide bonds. The van der Waals surface area contributed by atoms with E-state index in [2.05, 4.69) is 29.6 Å². The Kier molecular flexibility index (Phi) is 7.47. The second-order valence-corrected chi connectivity index (χ2v) is 8.81. The van der Waals surface area contributed by atoms with Crippen LogP contribution in [-0.2, 0) is 19.1 Å². The molecule has 2 aromatic carbocycles. The Morgan fingerprint density at radius 2 is 1.68 bits per heavy atom. The minimum absolute atomic E-state index is 0.00631. The summed E-state index contributed by atoms with van der Waals surface area (Å²) in [5.41, 5.74) is 4.64.